The summed E-state index contributed by atoms with van der Waals surface area (Å²) in [4.78, 5) is 17.8. The molecule has 3 atom stereocenters. The van der Waals surface area contributed by atoms with Crippen LogP contribution in [0.1, 0.15) is 26.3 Å². The van der Waals surface area contributed by atoms with Gasteiger partial charge >= 0.3 is 6.09 Å². The summed E-state index contributed by atoms with van der Waals surface area (Å²) in [6, 6.07) is 9.26. The van der Waals surface area contributed by atoms with Crippen LogP contribution >= 0.6 is 0 Å². The smallest absolute Gasteiger partial charge is 0.434 e. The molecule has 0 saturated carbocycles. The second-order valence-corrected chi connectivity index (χ2v) is 12.8. The summed E-state index contributed by atoms with van der Waals surface area (Å²) in [5, 5.41) is 21.1. The monoisotopic (exact) mass is 383 g/mol. The topological polar surface area (TPSA) is 88.5 Å². The zero-order valence-corrected chi connectivity index (χ0v) is 17.0. The van der Waals surface area contributed by atoms with Gasteiger partial charge in [-0.2, -0.15) is 5.06 Å². The van der Waals surface area contributed by atoms with E-state index in [2.05, 4.69) is 20.8 Å². The quantitative estimate of drug-likeness (QED) is 0.777. The Morgan fingerprint density at radius 1 is 1.27 bits per heavy atom. The Hall–Kier alpha value is -1.45. The van der Waals surface area contributed by atoms with Gasteiger partial charge in [0.05, 0.1) is 6.54 Å². The summed E-state index contributed by atoms with van der Waals surface area (Å²) in [6.07, 6.45) is -4.27. The zero-order chi connectivity index (χ0) is 19.5. The van der Waals surface area contributed by atoms with Crippen LogP contribution in [0, 0.1) is 0 Å². The highest BCUT2D eigenvalue weighted by Crippen LogP contribution is 2.38. The van der Waals surface area contributed by atoms with Crippen molar-refractivity contribution in [2.45, 2.75) is 64.0 Å². The third kappa shape index (κ3) is 5.05. The average molecular weight is 384 g/mol. The molecular formula is C18H29NO6Si. The van der Waals surface area contributed by atoms with Gasteiger partial charge in [-0.25, -0.2) is 9.63 Å². The molecule has 26 heavy (non-hydrogen) atoms. The van der Waals surface area contributed by atoms with E-state index in [0.717, 1.165) is 10.6 Å². The number of ether oxygens (including phenoxy) is 1. The number of rotatable bonds is 4. The molecular weight excluding hydrogens is 354 g/mol. The molecule has 1 aromatic rings. The Balaban J connectivity index is 2.00. The number of aliphatic hydroxyl groups is 2. The molecule has 7 nitrogen and oxygen atoms in total. The molecule has 2 rings (SSSR count). The molecule has 1 aliphatic heterocycles. The minimum absolute atomic E-state index is 0.0892. The molecule has 146 valence electrons. The van der Waals surface area contributed by atoms with E-state index in [-0.39, 0.29) is 18.2 Å². The third-order valence-corrected chi connectivity index (χ3v) is 9.32. The Labute approximate surface area is 155 Å². The van der Waals surface area contributed by atoms with Crippen LogP contribution in [0.5, 0.6) is 0 Å². The third-order valence-electron chi connectivity index (χ3n) is 4.88. The number of nitrogens with zero attached hydrogens (tertiary/aromatic N) is 1. The summed E-state index contributed by atoms with van der Waals surface area (Å²) in [7, 11) is -2.27. The lowest BCUT2D eigenvalue weighted by atomic mass is 10.2. The Kier molecular flexibility index (Phi) is 6.46. The number of carbonyl (C=O) groups excluding carboxylic acids is 1. The van der Waals surface area contributed by atoms with Crippen molar-refractivity contribution in [3.63, 3.8) is 0 Å². The number of hydrogen-bond donors (Lipinski definition) is 2. The number of hydrogen-bond acceptors (Lipinski definition) is 6. The van der Waals surface area contributed by atoms with Crippen molar-refractivity contribution in [1.29, 1.82) is 0 Å². The highest BCUT2D eigenvalue weighted by molar-refractivity contribution is 6.74. The van der Waals surface area contributed by atoms with Crippen molar-refractivity contribution in [3.05, 3.63) is 35.9 Å². The first-order valence-electron chi connectivity index (χ1n) is 8.70. The highest BCUT2D eigenvalue weighted by atomic mass is 28.4. The van der Waals surface area contributed by atoms with Gasteiger partial charge in [-0.15, -0.1) is 0 Å². The van der Waals surface area contributed by atoms with Crippen molar-refractivity contribution in [2.75, 3.05) is 6.54 Å². The lowest BCUT2D eigenvalue weighted by Crippen LogP contribution is -2.59. The summed E-state index contributed by atoms with van der Waals surface area (Å²) < 4.78 is 11.2. The Morgan fingerprint density at radius 2 is 1.88 bits per heavy atom. The summed E-state index contributed by atoms with van der Waals surface area (Å²) in [5.74, 6) is 0. The van der Waals surface area contributed by atoms with Crippen LogP contribution in [0.2, 0.25) is 18.1 Å². The van der Waals surface area contributed by atoms with Gasteiger partial charge in [0.25, 0.3) is 0 Å². The number of aliphatic hydroxyl groups excluding tert-OH is 2. The van der Waals surface area contributed by atoms with Crippen LogP contribution in [0.3, 0.4) is 0 Å². The minimum Gasteiger partial charge on any atom is -0.443 e. The first-order chi connectivity index (χ1) is 12.0. The Morgan fingerprint density at radius 3 is 2.46 bits per heavy atom. The minimum atomic E-state index is -2.27. The summed E-state index contributed by atoms with van der Waals surface area (Å²) in [6.45, 7) is 10.1. The molecule has 2 N–H and O–H groups in total. The molecule has 1 aliphatic rings. The molecule has 1 heterocycles. The van der Waals surface area contributed by atoms with Gasteiger partial charge in [-0.1, -0.05) is 51.1 Å². The van der Waals surface area contributed by atoms with Gasteiger partial charge in [0.1, 0.15) is 18.8 Å². The van der Waals surface area contributed by atoms with Gasteiger partial charge in [-0.05, 0) is 23.7 Å². The molecule has 0 radical (unpaired) electrons. The van der Waals surface area contributed by atoms with Crippen LogP contribution in [0.25, 0.3) is 0 Å². The average Bonchev–Trinajstić information content (AvgIpc) is 2.56. The van der Waals surface area contributed by atoms with Crippen molar-refractivity contribution < 1.29 is 29.0 Å². The van der Waals surface area contributed by atoms with Crippen LogP contribution in [-0.4, -0.2) is 54.7 Å². The van der Waals surface area contributed by atoms with E-state index in [1.54, 1.807) is 0 Å². The Bertz CT molecular complexity index is 603. The zero-order valence-electron chi connectivity index (χ0n) is 16.0. The second kappa shape index (κ2) is 8.06. The van der Waals surface area contributed by atoms with E-state index >= 15 is 0 Å². The van der Waals surface area contributed by atoms with Crippen molar-refractivity contribution in [3.8, 4) is 0 Å². The first-order valence-corrected chi connectivity index (χ1v) is 11.6. The molecule has 1 fully saturated rings. The van der Waals surface area contributed by atoms with E-state index in [0.29, 0.717) is 0 Å². The normalized spacial score (nSPS) is 24.4. The van der Waals surface area contributed by atoms with E-state index in [1.807, 2.05) is 43.4 Å². The van der Waals surface area contributed by atoms with E-state index in [9.17, 15) is 15.0 Å². The van der Waals surface area contributed by atoms with Crippen LogP contribution < -0.4 is 0 Å². The van der Waals surface area contributed by atoms with Gasteiger partial charge in [0, 0.05) is 0 Å². The number of hydroxylamine groups is 2. The fraction of sp³-hybridized carbons (Fsp3) is 0.611. The number of amides is 1. The maximum Gasteiger partial charge on any atom is 0.434 e. The van der Waals surface area contributed by atoms with E-state index in [1.165, 1.54) is 0 Å². The number of benzene rings is 1. The predicted molar refractivity (Wildman–Crippen MR) is 98.5 cm³/mol. The van der Waals surface area contributed by atoms with E-state index in [4.69, 9.17) is 14.0 Å². The van der Waals surface area contributed by atoms with Gasteiger partial charge < -0.3 is 19.4 Å². The van der Waals surface area contributed by atoms with Gasteiger partial charge in [0.2, 0.25) is 6.29 Å². The van der Waals surface area contributed by atoms with Crippen LogP contribution in [0.4, 0.5) is 4.79 Å². The lowest BCUT2D eigenvalue weighted by molar-refractivity contribution is -0.316. The molecule has 0 aromatic heterocycles. The molecule has 8 heteroatoms. The largest absolute Gasteiger partial charge is 0.443 e. The maximum atomic E-state index is 12.3. The fourth-order valence-electron chi connectivity index (χ4n) is 2.16. The molecule has 1 aromatic carbocycles. The van der Waals surface area contributed by atoms with Gasteiger partial charge in [0.15, 0.2) is 8.32 Å². The van der Waals surface area contributed by atoms with Crippen LogP contribution in [0.15, 0.2) is 30.3 Å². The number of carbonyl (C=O) groups is 1. The lowest BCUT2D eigenvalue weighted by Gasteiger charge is -2.44. The highest BCUT2D eigenvalue weighted by Gasteiger charge is 2.46. The second-order valence-electron chi connectivity index (χ2n) is 8.01. The SMILES string of the molecule is CC(C)(C)[Si](C)(C)O[C@H]1ON(C(=O)OCc2ccccc2)C[C@H](O)[C@@H]1O. The summed E-state index contributed by atoms with van der Waals surface area (Å²) in [5.41, 5.74) is 0.840. The standard InChI is InChI=1S/C18H29NO6Si/c1-18(2,3)26(4,5)25-16-15(21)14(20)11-19(24-16)17(22)23-12-13-9-7-6-8-10-13/h6-10,14-16,20-21H,11-12H2,1-5H3/t14-,15-,16+/m0/s1. The number of β-amino-alcohol motifs (C(OH)–C–C–N with tert-alkyl or cyclic N) is 1. The predicted octanol–water partition coefficient (Wildman–Crippen LogP) is 2.64. The molecule has 0 aliphatic carbocycles. The van der Waals surface area contributed by atoms with Crippen molar-refractivity contribution in [2.24, 2.45) is 0 Å². The maximum absolute atomic E-state index is 12.3. The molecule has 0 unspecified atom stereocenters. The molecule has 1 saturated heterocycles. The van der Waals surface area contributed by atoms with Crippen molar-refractivity contribution in [1.82, 2.24) is 5.06 Å². The fourth-order valence-corrected chi connectivity index (χ4v) is 3.27. The van der Waals surface area contributed by atoms with Crippen LogP contribution in [-0.2, 0) is 20.6 Å². The first kappa shape index (κ1) is 20.9. The molecule has 1 amide bonds. The molecule has 0 bridgehead atoms. The van der Waals surface area contributed by atoms with E-state index < -0.39 is 32.9 Å². The molecule has 0 spiro atoms. The van der Waals surface area contributed by atoms with Crippen molar-refractivity contribution >= 4 is 14.4 Å². The summed E-state index contributed by atoms with van der Waals surface area (Å²) >= 11 is 0. The van der Waals surface area contributed by atoms with Gasteiger partial charge in [-0.3, -0.25) is 0 Å².